The Morgan fingerprint density at radius 1 is 0.938 bits per heavy atom. The lowest BCUT2D eigenvalue weighted by Crippen LogP contribution is -2.47. The van der Waals surface area contributed by atoms with Crippen LogP contribution in [0.5, 0.6) is 0 Å². The summed E-state index contributed by atoms with van der Waals surface area (Å²) in [6, 6.07) is 13.3. The fourth-order valence-electron chi connectivity index (χ4n) is 2.80. The number of hydrogen-bond acceptors (Lipinski definition) is 0. The maximum absolute atomic E-state index is 2.40. The Bertz CT molecular complexity index is 316. The second-order valence-corrected chi connectivity index (χ2v) is 10.3. The largest absolute Gasteiger partial charge is 0.0862 e. The zero-order valence-electron chi connectivity index (χ0n) is 11.5. The molecule has 0 nitrogen and oxygen atoms in total. The second-order valence-electron chi connectivity index (χ2n) is 5.08. The van der Waals surface area contributed by atoms with Gasteiger partial charge >= 0.3 is 0 Å². The molecular formula is C15H26Si. The van der Waals surface area contributed by atoms with E-state index in [0.717, 1.165) is 0 Å². The van der Waals surface area contributed by atoms with Crippen molar-refractivity contribution in [3.8, 4) is 0 Å². The third-order valence-electron chi connectivity index (χ3n) is 4.18. The predicted octanol–water partition coefficient (Wildman–Crippen LogP) is 4.53. The zero-order valence-corrected chi connectivity index (χ0v) is 12.5. The van der Waals surface area contributed by atoms with Crippen molar-refractivity contribution in [2.24, 2.45) is 0 Å². The highest BCUT2D eigenvalue weighted by Crippen LogP contribution is 2.24. The summed E-state index contributed by atoms with van der Waals surface area (Å²) in [5.74, 6) is 0.660. The van der Waals surface area contributed by atoms with Crippen LogP contribution in [-0.2, 0) is 0 Å². The average molecular weight is 234 g/mol. The van der Waals surface area contributed by atoms with E-state index >= 15 is 0 Å². The van der Waals surface area contributed by atoms with Gasteiger partial charge in [-0.05, 0) is 11.5 Å². The average Bonchev–Trinajstić information content (AvgIpc) is 2.32. The molecule has 0 amide bonds. The van der Waals surface area contributed by atoms with Gasteiger partial charge < -0.3 is 0 Å². The molecule has 1 aromatic rings. The Labute approximate surface area is 102 Å². The first-order valence-electron chi connectivity index (χ1n) is 6.70. The summed E-state index contributed by atoms with van der Waals surface area (Å²) in [4.78, 5) is 0. The Kier molecular flexibility index (Phi) is 4.79. The molecule has 0 atom stereocenters. The van der Waals surface area contributed by atoms with Crippen LogP contribution in [0, 0.1) is 0 Å². The molecule has 1 rings (SSSR count). The van der Waals surface area contributed by atoms with Gasteiger partial charge in [-0.15, -0.1) is 0 Å². The van der Waals surface area contributed by atoms with E-state index in [1.807, 2.05) is 0 Å². The van der Waals surface area contributed by atoms with E-state index in [1.54, 1.807) is 10.8 Å². The summed E-state index contributed by atoms with van der Waals surface area (Å²) in [7, 11) is -1.20. The van der Waals surface area contributed by atoms with Crippen LogP contribution in [0.4, 0.5) is 0 Å². The third kappa shape index (κ3) is 2.40. The van der Waals surface area contributed by atoms with Crippen molar-refractivity contribution in [1.29, 1.82) is 0 Å². The van der Waals surface area contributed by atoms with Gasteiger partial charge in [0.25, 0.3) is 0 Å². The Balaban J connectivity index is 3.29. The monoisotopic (exact) mass is 234 g/mol. The number of benzene rings is 1. The molecule has 0 aliphatic rings. The fourth-order valence-corrected chi connectivity index (χ4v) is 6.88. The van der Waals surface area contributed by atoms with Crippen LogP contribution in [0.15, 0.2) is 24.3 Å². The van der Waals surface area contributed by atoms with Crippen LogP contribution in [0.1, 0.15) is 46.1 Å². The topological polar surface area (TPSA) is 0 Å². The summed E-state index contributed by atoms with van der Waals surface area (Å²) < 4.78 is 0. The molecule has 1 aromatic carbocycles. The van der Waals surface area contributed by atoms with Gasteiger partial charge in [0.2, 0.25) is 0 Å². The molecule has 0 radical (unpaired) electrons. The van der Waals surface area contributed by atoms with E-state index in [9.17, 15) is 0 Å². The number of hydrogen-bond donors (Lipinski definition) is 0. The SMILES string of the molecule is CC[Si](CC)(CC)c1ccccc1C(C)C. The molecule has 1 heteroatoms. The van der Waals surface area contributed by atoms with Crippen LogP contribution < -0.4 is 5.19 Å². The van der Waals surface area contributed by atoms with Crippen LogP contribution in [-0.4, -0.2) is 8.07 Å². The summed E-state index contributed by atoms with van der Waals surface area (Å²) in [5, 5.41) is 1.72. The predicted molar refractivity (Wildman–Crippen MR) is 77.4 cm³/mol. The first-order valence-corrected chi connectivity index (χ1v) is 9.32. The van der Waals surface area contributed by atoms with Gasteiger partial charge in [0, 0.05) is 0 Å². The molecule has 0 saturated heterocycles. The lowest BCUT2D eigenvalue weighted by Gasteiger charge is -2.32. The van der Waals surface area contributed by atoms with E-state index in [2.05, 4.69) is 58.9 Å². The van der Waals surface area contributed by atoms with Crippen molar-refractivity contribution in [3.63, 3.8) is 0 Å². The summed E-state index contributed by atoms with van der Waals surface area (Å²) >= 11 is 0. The third-order valence-corrected chi connectivity index (χ3v) is 9.84. The van der Waals surface area contributed by atoms with Crippen molar-refractivity contribution in [2.45, 2.75) is 58.7 Å². The standard InChI is InChI=1S/C15H26Si/c1-6-16(7-2,8-3)15-12-10-9-11-14(15)13(4)5/h9-13H,6-8H2,1-5H3. The molecule has 0 heterocycles. The Morgan fingerprint density at radius 2 is 1.44 bits per heavy atom. The maximum Gasteiger partial charge on any atom is 0.0862 e. The molecule has 0 saturated carbocycles. The first-order chi connectivity index (χ1) is 7.61. The van der Waals surface area contributed by atoms with Crippen molar-refractivity contribution < 1.29 is 0 Å². The van der Waals surface area contributed by atoms with Crippen molar-refractivity contribution in [2.75, 3.05) is 0 Å². The first kappa shape index (κ1) is 13.5. The van der Waals surface area contributed by atoms with Crippen LogP contribution in [0.25, 0.3) is 0 Å². The van der Waals surface area contributed by atoms with Gasteiger partial charge in [-0.25, -0.2) is 0 Å². The van der Waals surface area contributed by atoms with Crippen LogP contribution in [0.2, 0.25) is 18.1 Å². The minimum Gasteiger partial charge on any atom is -0.0675 e. The minimum atomic E-state index is -1.20. The van der Waals surface area contributed by atoms with Gasteiger partial charge in [-0.1, -0.05) is 82.2 Å². The highest BCUT2D eigenvalue weighted by molar-refractivity contribution is 6.92. The van der Waals surface area contributed by atoms with Gasteiger partial charge in [-0.2, -0.15) is 0 Å². The van der Waals surface area contributed by atoms with Gasteiger partial charge in [-0.3, -0.25) is 0 Å². The summed E-state index contributed by atoms with van der Waals surface area (Å²) in [6.07, 6.45) is 0. The molecular weight excluding hydrogens is 208 g/mol. The Hall–Kier alpha value is -0.563. The highest BCUT2D eigenvalue weighted by atomic mass is 28.3. The van der Waals surface area contributed by atoms with Crippen molar-refractivity contribution in [3.05, 3.63) is 29.8 Å². The smallest absolute Gasteiger partial charge is 0.0675 e. The van der Waals surface area contributed by atoms with Gasteiger partial charge in [0.15, 0.2) is 0 Å². The normalized spacial score (nSPS) is 12.1. The molecule has 0 unspecified atom stereocenters. The molecule has 0 aromatic heterocycles. The quantitative estimate of drug-likeness (QED) is 0.657. The second kappa shape index (κ2) is 5.67. The van der Waals surface area contributed by atoms with E-state index in [0.29, 0.717) is 5.92 Å². The minimum absolute atomic E-state index is 0.660. The van der Waals surface area contributed by atoms with E-state index in [-0.39, 0.29) is 0 Å². The molecule has 0 spiro atoms. The highest BCUT2D eigenvalue weighted by Gasteiger charge is 2.31. The lowest BCUT2D eigenvalue weighted by molar-refractivity contribution is 0.871. The van der Waals surface area contributed by atoms with Gasteiger partial charge in [0.1, 0.15) is 0 Å². The molecule has 0 N–H and O–H groups in total. The molecule has 16 heavy (non-hydrogen) atoms. The van der Waals surface area contributed by atoms with Crippen LogP contribution in [0.3, 0.4) is 0 Å². The molecule has 0 aliphatic carbocycles. The van der Waals surface area contributed by atoms with E-state index in [1.165, 1.54) is 18.1 Å². The zero-order chi connectivity index (χ0) is 12.2. The number of rotatable bonds is 5. The van der Waals surface area contributed by atoms with Crippen molar-refractivity contribution >= 4 is 13.3 Å². The van der Waals surface area contributed by atoms with E-state index < -0.39 is 8.07 Å². The Morgan fingerprint density at radius 3 is 1.88 bits per heavy atom. The lowest BCUT2D eigenvalue weighted by atomic mass is 10.0. The molecule has 90 valence electrons. The van der Waals surface area contributed by atoms with E-state index in [4.69, 9.17) is 0 Å². The van der Waals surface area contributed by atoms with Crippen LogP contribution >= 0.6 is 0 Å². The molecule has 0 aliphatic heterocycles. The molecule has 0 bridgehead atoms. The van der Waals surface area contributed by atoms with Crippen molar-refractivity contribution in [1.82, 2.24) is 0 Å². The van der Waals surface area contributed by atoms with Gasteiger partial charge in [0.05, 0.1) is 8.07 Å². The summed E-state index contributed by atoms with van der Waals surface area (Å²) in [5.41, 5.74) is 1.60. The maximum atomic E-state index is 2.40. The molecule has 0 fully saturated rings. The fraction of sp³-hybridized carbons (Fsp3) is 0.600. The summed E-state index contributed by atoms with van der Waals surface area (Å²) in [6.45, 7) is 11.8.